The van der Waals surface area contributed by atoms with Crippen LogP contribution in [0.2, 0.25) is 0 Å². The molecule has 0 amide bonds. The van der Waals surface area contributed by atoms with E-state index in [-0.39, 0.29) is 6.10 Å². The van der Waals surface area contributed by atoms with Crippen LogP contribution >= 0.6 is 0 Å². The molecule has 1 heterocycles. The lowest BCUT2D eigenvalue weighted by Gasteiger charge is -2.08. The minimum Gasteiger partial charge on any atom is -0.475 e. The van der Waals surface area contributed by atoms with Gasteiger partial charge in [-0.15, -0.1) is 0 Å². The summed E-state index contributed by atoms with van der Waals surface area (Å²) in [5.41, 5.74) is 1.13. The molecule has 0 atom stereocenters. The summed E-state index contributed by atoms with van der Waals surface area (Å²) in [5, 5.41) is 0. The minimum atomic E-state index is 0.182. The van der Waals surface area contributed by atoms with E-state index in [1.54, 1.807) is 6.33 Å². The van der Waals surface area contributed by atoms with Crippen molar-refractivity contribution in [2.45, 2.75) is 38.7 Å². The van der Waals surface area contributed by atoms with E-state index >= 15 is 0 Å². The van der Waals surface area contributed by atoms with Crippen molar-refractivity contribution in [3.63, 3.8) is 0 Å². The Balaban J connectivity index is 2.12. The van der Waals surface area contributed by atoms with Crippen LogP contribution in [0.3, 0.4) is 0 Å². The molecule has 0 bridgehead atoms. The molecule has 1 saturated carbocycles. The Morgan fingerprint density at radius 1 is 1.38 bits per heavy atom. The van der Waals surface area contributed by atoms with E-state index in [0.29, 0.717) is 11.8 Å². The molecule has 13 heavy (non-hydrogen) atoms. The summed E-state index contributed by atoms with van der Waals surface area (Å²) >= 11 is 0. The molecule has 1 aromatic rings. The summed E-state index contributed by atoms with van der Waals surface area (Å²) in [6.07, 6.45) is 4.30. The molecule has 0 saturated heterocycles. The maximum Gasteiger partial charge on any atom is 0.216 e. The van der Waals surface area contributed by atoms with Gasteiger partial charge in [0, 0.05) is 12.0 Å². The molecule has 2 rings (SSSR count). The second-order valence-corrected chi connectivity index (χ2v) is 3.72. The Kier molecular flexibility index (Phi) is 2.17. The zero-order valence-electron chi connectivity index (χ0n) is 8.03. The van der Waals surface area contributed by atoms with Gasteiger partial charge in [0.15, 0.2) is 0 Å². The van der Waals surface area contributed by atoms with Crippen molar-refractivity contribution in [1.29, 1.82) is 0 Å². The van der Waals surface area contributed by atoms with E-state index in [4.69, 9.17) is 4.74 Å². The average molecular weight is 178 g/mol. The second-order valence-electron chi connectivity index (χ2n) is 3.72. The fourth-order valence-corrected chi connectivity index (χ4v) is 1.26. The SMILES string of the molecule is CC(C)Oc1cc(C2CC2)ncn1. The summed E-state index contributed by atoms with van der Waals surface area (Å²) in [5.74, 6) is 1.37. The van der Waals surface area contributed by atoms with Gasteiger partial charge >= 0.3 is 0 Å². The van der Waals surface area contributed by atoms with Gasteiger partial charge in [-0.2, -0.15) is 0 Å². The Morgan fingerprint density at radius 2 is 2.15 bits per heavy atom. The largest absolute Gasteiger partial charge is 0.475 e. The number of rotatable bonds is 3. The number of ether oxygens (including phenoxy) is 1. The molecule has 3 nitrogen and oxygen atoms in total. The molecule has 1 aliphatic carbocycles. The predicted octanol–water partition coefficient (Wildman–Crippen LogP) is 2.14. The maximum atomic E-state index is 5.48. The van der Waals surface area contributed by atoms with Gasteiger partial charge in [-0.25, -0.2) is 9.97 Å². The van der Waals surface area contributed by atoms with Crippen molar-refractivity contribution in [3.05, 3.63) is 18.1 Å². The smallest absolute Gasteiger partial charge is 0.216 e. The summed E-state index contributed by atoms with van der Waals surface area (Å²) in [7, 11) is 0. The first-order valence-electron chi connectivity index (χ1n) is 4.74. The molecule has 0 aliphatic heterocycles. The van der Waals surface area contributed by atoms with Crippen LogP contribution in [0, 0.1) is 0 Å². The fraction of sp³-hybridized carbons (Fsp3) is 0.600. The standard InChI is InChI=1S/C10H14N2O/c1-7(2)13-10-5-9(8-3-4-8)11-6-12-10/h5-8H,3-4H2,1-2H3. The summed E-state index contributed by atoms with van der Waals surface area (Å²) in [4.78, 5) is 8.27. The van der Waals surface area contributed by atoms with Crippen LogP contribution in [0.5, 0.6) is 5.88 Å². The molecule has 0 spiro atoms. The van der Waals surface area contributed by atoms with Gasteiger partial charge in [0.05, 0.1) is 11.8 Å². The van der Waals surface area contributed by atoms with Crippen LogP contribution in [0.1, 0.15) is 38.3 Å². The molecular formula is C10H14N2O. The third kappa shape index (κ3) is 2.17. The fourth-order valence-electron chi connectivity index (χ4n) is 1.26. The minimum absolute atomic E-state index is 0.182. The van der Waals surface area contributed by atoms with E-state index in [1.165, 1.54) is 12.8 Å². The van der Waals surface area contributed by atoms with Crippen molar-refractivity contribution < 1.29 is 4.74 Å². The number of aromatic nitrogens is 2. The monoisotopic (exact) mass is 178 g/mol. The van der Waals surface area contributed by atoms with Crippen LogP contribution in [0.4, 0.5) is 0 Å². The van der Waals surface area contributed by atoms with Crippen LogP contribution < -0.4 is 4.74 Å². The first-order valence-corrected chi connectivity index (χ1v) is 4.74. The van der Waals surface area contributed by atoms with Gasteiger partial charge in [0.25, 0.3) is 0 Å². The van der Waals surface area contributed by atoms with E-state index < -0.39 is 0 Å². The van der Waals surface area contributed by atoms with Crippen LogP contribution in [-0.2, 0) is 0 Å². The van der Waals surface area contributed by atoms with Crippen molar-refractivity contribution in [1.82, 2.24) is 9.97 Å². The maximum absolute atomic E-state index is 5.48. The Bertz CT molecular complexity index is 295. The first kappa shape index (κ1) is 8.48. The Hall–Kier alpha value is -1.12. The van der Waals surface area contributed by atoms with E-state index in [2.05, 4.69) is 9.97 Å². The number of hydrogen-bond acceptors (Lipinski definition) is 3. The Labute approximate surface area is 78.2 Å². The van der Waals surface area contributed by atoms with E-state index in [0.717, 1.165) is 5.69 Å². The predicted molar refractivity (Wildman–Crippen MR) is 49.8 cm³/mol. The molecule has 3 heteroatoms. The lowest BCUT2D eigenvalue weighted by atomic mass is 10.3. The highest BCUT2D eigenvalue weighted by molar-refractivity contribution is 5.20. The average Bonchev–Trinajstić information content (AvgIpc) is 2.85. The zero-order valence-corrected chi connectivity index (χ0v) is 8.03. The molecule has 70 valence electrons. The molecule has 1 fully saturated rings. The molecule has 0 aromatic carbocycles. The van der Waals surface area contributed by atoms with Gasteiger partial charge < -0.3 is 4.74 Å². The van der Waals surface area contributed by atoms with Gasteiger partial charge in [-0.3, -0.25) is 0 Å². The van der Waals surface area contributed by atoms with Crippen molar-refractivity contribution in [2.24, 2.45) is 0 Å². The number of hydrogen-bond donors (Lipinski definition) is 0. The normalized spacial score (nSPS) is 16.2. The highest BCUT2D eigenvalue weighted by Crippen LogP contribution is 2.39. The quantitative estimate of drug-likeness (QED) is 0.711. The van der Waals surface area contributed by atoms with Gasteiger partial charge in [0.2, 0.25) is 5.88 Å². The molecule has 1 aliphatic rings. The van der Waals surface area contributed by atoms with Crippen LogP contribution in [-0.4, -0.2) is 16.1 Å². The van der Waals surface area contributed by atoms with E-state index in [1.807, 2.05) is 19.9 Å². The highest BCUT2D eigenvalue weighted by Gasteiger charge is 2.25. The summed E-state index contributed by atoms with van der Waals surface area (Å²) < 4.78 is 5.48. The summed E-state index contributed by atoms with van der Waals surface area (Å²) in [6.45, 7) is 4.00. The lowest BCUT2D eigenvalue weighted by Crippen LogP contribution is -2.07. The highest BCUT2D eigenvalue weighted by atomic mass is 16.5. The second kappa shape index (κ2) is 3.32. The number of nitrogens with zero attached hydrogens (tertiary/aromatic N) is 2. The Morgan fingerprint density at radius 3 is 2.77 bits per heavy atom. The lowest BCUT2D eigenvalue weighted by molar-refractivity contribution is 0.232. The van der Waals surface area contributed by atoms with E-state index in [9.17, 15) is 0 Å². The van der Waals surface area contributed by atoms with Gasteiger partial charge in [-0.05, 0) is 26.7 Å². The van der Waals surface area contributed by atoms with Crippen molar-refractivity contribution >= 4 is 0 Å². The van der Waals surface area contributed by atoms with Crippen molar-refractivity contribution in [3.8, 4) is 5.88 Å². The summed E-state index contributed by atoms with van der Waals surface area (Å²) in [6, 6.07) is 1.96. The molecule has 0 unspecified atom stereocenters. The van der Waals surface area contributed by atoms with Crippen molar-refractivity contribution in [2.75, 3.05) is 0 Å². The molecular weight excluding hydrogens is 164 g/mol. The molecule has 0 N–H and O–H groups in total. The zero-order chi connectivity index (χ0) is 9.26. The third-order valence-electron chi connectivity index (χ3n) is 2.02. The third-order valence-corrected chi connectivity index (χ3v) is 2.02. The topological polar surface area (TPSA) is 35.0 Å². The molecule has 1 aromatic heterocycles. The first-order chi connectivity index (χ1) is 6.25. The van der Waals surface area contributed by atoms with Gasteiger partial charge in [0.1, 0.15) is 6.33 Å². The van der Waals surface area contributed by atoms with Crippen LogP contribution in [0.15, 0.2) is 12.4 Å². The van der Waals surface area contributed by atoms with Gasteiger partial charge in [-0.1, -0.05) is 0 Å². The molecule has 0 radical (unpaired) electrons. The van der Waals surface area contributed by atoms with Crippen LogP contribution in [0.25, 0.3) is 0 Å².